The maximum Gasteiger partial charge on any atom is 0.297 e. The molecule has 2 aromatic heterocycles. The van der Waals surface area contributed by atoms with Crippen LogP contribution in [0.15, 0.2) is 62.9 Å². The van der Waals surface area contributed by atoms with Crippen LogP contribution >= 0.6 is 11.8 Å². The Bertz CT molecular complexity index is 1240. The monoisotopic (exact) mass is 407 g/mol. The van der Waals surface area contributed by atoms with Crippen LogP contribution in [0.3, 0.4) is 0 Å². The number of fused-ring (bicyclic) bond motifs is 3. The van der Waals surface area contributed by atoms with Crippen molar-refractivity contribution in [3.8, 4) is 0 Å². The molecule has 6 nitrogen and oxygen atoms in total. The number of amides is 1. The Kier molecular flexibility index (Phi) is 5.40. The number of furan rings is 1. The number of aromatic nitrogens is 2. The van der Waals surface area contributed by atoms with Crippen LogP contribution in [0.4, 0.5) is 5.69 Å². The van der Waals surface area contributed by atoms with Crippen molar-refractivity contribution in [2.24, 2.45) is 0 Å². The quantitative estimate of drug-likeness (QED) is 0.374. The van der Waals surface area contributed by atoms with Crippen molar-refractivity contribution in [3.63, 3.8) is 0 Å². The van der Waals surface area contributed by atoms with Crippen molar-refractivity contribution >= 4 is 45.4 Å². The normalized spacial score (nSPS) is 11.2. The molecule has 0 atom stereocenters. The van der Waals surface area contributed by atoms with E-state index in [1.807, 2.05) is 62.4 Å². The van der Waals surface area contributed by atoms with E-state index in [1.54, 1.807) is 4.57 Å². The Hall–Kier alpha value is -3.06. The van der Waals surface area contributed by atoms with Crippen LogP contribution < -0.4 is 10.9 Å². The van der Waals surface area contributed by atoms with E-state index in [-0.39, 0.29) is 22.8 Å². The van der Waals surface area contributed by atoms with Gasteiger partial charge in [0.2, 0.25) is 11.5 Å². The molecule has 0 aliphatic rings. The Balaban J connectivity index is 1.63. The van der Waals surface area contributed by atoms with E-state index in [2.05, 4.69) is 10.3 Å². The van der Waals surface area contributed by atoms with Crippen molar-refractivity contribution in [2.45, 2.75) is 32.0 Å². The number of hydrogen-bond acceptors (Lipinski definition) is 5. The standard InChI is InChI=1S/C22H21N3O3S/c1-3-12-25-21(27)20-19(16-6-4-5-7-17(16)28-20)24-22(25)29-13-18(26)23-15-10-8-14(2)9-11-15/h4-11H,3,12-13H2,1-2H3,(H,23,26). The molecule has 1 amide bonds. The maximum absolute atomic E-state index is 13.0. The Morgan fingerprint density at radius 1 is 1.17 bits per heavy atom. The smallest absolute Gasteiger partial charge is 0.297 e. The van der Waals surface area contributed by atoms with Gasteiger partial charge in [0.15, 0.2) is 5.16 Å². The first-order valence-electron chi connectivity index (χ1n) is 9.48. The number of nitrogens with zero attached hydrogens (tertiary/aromatic N) is 2. The van der Waals surface area contributed by atoms with E-state index in [1.165, 1.54) is 11.8 Å². The molecule has 0 saturated carbocycles. The third-order valence-corrected chi connectivity index (χ3v) is 5.54. The number of aryl methyl sites for hydroxylation is 1. The van der Waals surface area contributed by atoms with Gasteiger partial charge in [-0.25, -0.2) is 4.98 Å². The van der Waals surface area contributed by atoms with Crippen molar-refractivity contribution in [2.75, 3.05) is 11.1 Å². The number of hydrogen-bond donors (Lipinski definition) is 1. The second-order valence-electron chi connectivity index (χ2n) is 6.83. The summed E-state index contributed by atoms with van der Waals surface area (Å²) in [4.78, 5) is 30.1. The molecule has 4 rings (SSSR count). The Morgan fingerprint density at radius 2 is 1.93 bits per heavy atom. The van der Waals surface area contributed by atoms with E-state index in [0.717, 1.165) is 23.1 Å². The van der Waals surface area contributed by atoms with Gasteiger partial charge < -0.3 is 9.73 Å². The number of para-hydroxylation sites is 1. The summed E-state index contributed by atoms with van der Waals surface area (Å²) in [6, 6.07) is 15.1. The van der Waals surface area contributed by atoms with Gasteiger partial charge in [-0.05, 0) is 37.6 Å². The largest absolute Gasteiger partial charge is 0.448 e. The van der Waals surface area contributed by atoms with Gasteiger partial charge in [-0.3, -0.25) is 14.2 Å². The van der Waals surface area contributed by atoms with Crippen LogP contribution in [-0.2, 0) is 11.3 Å². The molecular weight excluding hydrogens is 386 g/mol. The first-order valence-corrected chi connectivity index (χ1v) is 10.5. The summed E-state index contributed by atoms with van der Waals surface area (Å²) in [5, 5.41) is 4.20. The topological polar surface area (TPSA) is 77.1 Å². The summed E-state index contributed by atoms with van der Waals surface area (Å²) in [7, 11) is 0. The minimum Gasteiger partial charge on any atom is -0.448 e. The van der Waals surface area contributed by atoms with Crippen LogP contribution in [0.5, 0.6) is 0 Å². The van der Waals surface area contributed by atoms with E-state index in [0.29, 0.717) is 22.8 Å². The molecule has 7 heteroatoms. The van der Waals surface area contributed by atoms with Gasteiger partial charge in [-0.15, -0.1) is 0 Å². The summed E-state index contributed by atoms with van der Waals surface area (Å²) in [6.07, 6.45) is 0.774. The van der Waals surface area contributed by atoms with Gasteiger partial charge in [-0.1, -0.05) is 48.5 Å². The van der Waals surface area contributed by atoms with Crippen LogP contribution in [0.2, 0.25) is 0 Å². The van der Waals surface area contributed by atoms with Crippen molar-refractivity contribution < 1.29 is 9.21 Å². The minimum absolute atomic E-state index is 0.145. The molecule has 0 radical (unpaired) electrons. The summed E-state index contributed by atoms with van der Waals surface area (Å²) < 4.78 is 7.35. The molecule has 29 heavy (non-hydrogen) atoms. The highest BCUT2D eigenvalue weighted by Gasteiger charge is 2.18. The molecule has 2 aromatic carbocycles. The first kappa shape index (κ1) is 19.3. The predicted octanol–water partition coefficient (Wildman–Crippen LogP) is 4.59. The van der Waals surface area contributed by atoms with E-state index < -0.39 is 0 Å². The summed E-state index contributed by atoms with van der Waals surface area (Å²) in [5.74, 6) is 0.0130. The van der Waals surface area contributed by atoms with Crippen molar-refractivity contribution in [3.05, 3.63) is 64.4 Å². The van der Waals surface area contributed by atoms with E-state index in [4.69, 9.17) is 4.42 Å². The summed E-state index contributed by atoms with van der Waals surface area (Å²) in [5.41, 5.74) is 3.10. The molecular formula is C22H21N3O3S. The Morgan fingerprint density at radius 3 is 2.69 bits per heavy atom. The average Bonchev–Trinajstić information content (AvgIpc) is 3.09. The van der Waals surface area contributed by atoms with Gasteiger partial charge >= 0.3 is 0 Å². The number of carbonyl (C=O) groups is 1. The molecule has 0 saturated heterocycles. The molecule has 0 fully saturated rings. The second-order valence-corrected chi connectivity index (χ2v) is 7.77. The zero-order chi connectivity index (χ0) is 20.4. The number of anilines is 1. The molecule has 0 bridgehead atoms. The molecule has 1 N–H and O–H groups in total. The molecule has 0 aliphatic carbocycles. The number of carbonyl (C=O) groups excluding carboxylic acids is 1. The molecule has 2 heterocycles. The summed E-state index contributed by atoms with van der Waals surface area (Å²) >= 11 is 1.26. The fraction of sp³-hybridized carbons (Fsp3) is 0.227. The number of rotatable bonds is 6. The lowest BCUT2D eigenvalue weighted by Gasteiger charge is -2.11. The van der Waals surface area contributed by atoms with Gasteiger partial charge in [0.1, 0.15) is 11.1 Å². The van der Waals surface area contributed by atoms with Crippen molar-refractivity contribution in [1.29, 1.82) is 0 Å². The Labute approximate surface area is 171 Å². The maximum atomic E-state index is 13.0. The third kappa shape index (κ3) is 3.91. The SMILES string of the molecule is CCCn1c(SCC(=O)Nc2ccc(C)cc2)nc2c(oc3ccccc32)c1=O. The predicted molar refractivity (Wildman–Crippen MR) is 117 cm³/mol. The highest BCUT2D eigenvalue weighted by molar-refractivity contribution is 7.99. The molecule has 4 aromatic rings. The first-order chi connectivity index (χ1) is 14.1. The highest BCUT2D eigenvalue weighted by Crippen LogP contribution is 2.27. The van der Waals surface area contributed by atoms with Gasteiger partial charge in [0.05, 0.1) is 5.75 Å². The second kappa shape index (κ2) is 8.13. The molecule has 0 spiro atoms. The lowest BCUT2D eigenvalue weighted by Crippen LogP contribution is -2.23. The number of benzene rings is 2. The van der Waals surface area contributed by atoms with Gasteiger partial charge in [-0.2, -0.15) is 0 Å². The third-order valence-electron chi connectivity index (χ3n) is 4.56. The fourth-order valence-electron chi connectivity index (χ4n) is 3.15. The van der Waals surface area contributed by atoms with Crippen LogP contribution in [0.1, 0.15) is 18.9 Å². The van der Waals surface area contributed by atoms with E-state index in [9.17, 15) is 9.59 Å². The fourth-order valence-corrected chi connectivity index (χ4v) is 3.97. The number of thioether (sulfide) groups is 1. The lowest BCUT2D eigenvalue weighted by atomic mass is 10.2. The zero-order valence-electron chi connectivity index (χ0n) is 16.3. The van der Waals surface area contributed by atoms with Crippen LogP contribution in [-0.4, -0.2) is 21.2 Å². The van der Waals surface area contributed by atoms with Crippen molar-refractivity contribution in [1.82, 2.24) is 9.55 Å². The van der Waals surface area contributed by atoms with E-state index >= 15 is 0 Å². The minimum atomic E-state index is -0.213. The summed E-state index contributed by atoms with van der Waals surface area (Å²) in [6.45, 7) is 4.50. The highest BCUT2D eigenvalue weighted by atomic mass is 32.2. The van der Waals surface area contributed by atoms with Gasteiger partial charge in [0.25, 0.3) is 5.56 Å². The molecule has 0 unspecified atom stereocenters. The average molecular weight is 407 g/mol. The van der Waals surface area contributed by atoms with Crippen LogP contribution in [0.25, 0.3) is 22.1 Å². The number of nitrogens with one attached hydrogen (secondary N) is 1. The zero-order valence-corrected chi connectivity index (χ0v) is 17.1. The molecule has 148 valence electrons. The lowest BCUT2D eigenvalue weighted by molar-refractivity contribution is -0.113. The molecule has 0 aliphatic heterocycles. The van der Waals surface area contributed by atoms with Gasteiger partial charge in [0, 0.05) is 17.6 Å². The van der Waals surface area contributed by atoms with Crippen LogP contribution in [0, 0.1) is 6.92 Å².